The van der Waals surface area contributed by atoms with Crippen molar-refractivity contribution in [2.24, 2.45) is 10.9 Å². The number of hydrogen-bond donors (Lipinski definition) is 2. The summed E-state index contributed by atoms with van der Waals surface area (Å²) in [5.74, 6) is 4.98. The Morgan fingerprint density at radius 3 is 2.81 bits per heavy atom. The lowest BCUT2D eigenvalue weighted by molar-refractivity contribution is 0.102. The lowest BCUT2D eigenvalue weighted by atomic mass is 10.0. The predicted molar refractivity (Wildman–Crippen MR) is 85.8 cm³/mol. The summed E-state index contributed by atoms with van der Waals surface area (Å²) in [4.78, 5) is 16.2. The molecule has 21 heavy (non-hydrogen) atoms. The SMILES string of the molecule is NN=Cc1ccc2cc(C(=O)Nc3nccs3)ccc2c1. The van der Waals surface area contributed by atoms with E-state index in [-0.39, 0.29) is 5.91 Å². The van der Waals surface area contributed by atoms with Crippen molar-refractivity contribution in [3.8, 4) is 0 Å². The number of nitrogens with zero attached hydrogens (tertiary/aromatic N) is 2. The van der Waals surface area contributed by atoms with Crippen LogP contribution in [-0.2, 0) is 0 Å². The Labute approximate surface area is 125 Å². The van der Waals surface area contributed by atoms with Crippen LogP contribution in [0.1, 0.15) is 15.9 Å². The van der Waals surface area contributed by atoms with Gasteiger partial charge in [-0.15, -0.1) is 11.3 Å². The molecular weight excluding hydrogens is 284 g/mol. The van der Waals surface area contributed by atoms with E-state index >= 15 is 0 Å². The minimum Gasteiger partial charge on any atom is -0.323 e. The molecule has 0 fully saturated rings. The van der Waals surface area contributed by atoms with E-state index < -0.39 is 0 Å². The number of rotatable bonds is 3. The van der Waals surface area contributed by atoms with Crippen LogP contribution in [0.4, 0.5) is 5.13 Å². The van der Waals surface area contributed by atoms with Crippen LogP contribution in [0.3, 0.4) is 0 Å². The number of carbonyl (C=O) groups excluding carboxylic acids is 1. The Bertz CT molecular complexity index is 812. The van der Waals surface area contributed by atoms with Gasteiger partial charge in [0.1, 0.15) is 0 Å². The number of amides is 1. The molecule has 0 bridgehead atoms. The number of thiazole rings is 1. The van der Waals surface area contributed by atoms with Crippen molar-refractivity contribution in [3.63, 3.8) is 0 Å². The Morgan fingerprint density at radius 2 is 2.05 bits per heavy atom. The number of carbonyl (C=O) groups is 1. The Morgan fingerprint density at radius 1 is 1.24 bits per heavy atom. The molecule has 0 spiro atoms. The summed E-state index contributed by atoms with van der Waals surface area (Å²) < 4.78 is 0. The van der Waals surface area contributed by atoms with E-state index in [1.807, 2.05) is 35.7 Å². The second-order valence-electron chi connectivity index (χ2n) is 4.39. The molecule has 1 amide bonds. The minimum atomic E-state index is -0.167. The molecule has 0 saturated heterocycles. The van der Waals surface area contributed by atoms with Crippen LogP contribution in [0.5, 0.6) is 0 Å². The van der Waals surface area contributed by atoms with E-state index in [4.69, 9.17) is 5.84 Å². The fourth-order valence-corrected chi connectivity index (χ4v) is 2.55. The van der Waals surface area contributed by atoms with Gasteiger partial charge in [-0.1, -0.05) is 18.2 Å². The molecule has 0 radical (unpaired) electrons. The van der Waals surface area contributed by atoms with Gasteiger partial charge in [0, 0.05) is 17.1 Å². The number of fused-ring (bicyclic) bond motifs is 1. The molecule has 0 unspecified atom stereocenters. The van der Waals surface area contributed by atoms with Crippen LogP contribution < -0.4 is 11.2 Å². The highest BCUT2D eigenvalue weighted by Gasteiger charge is 2.08. The largest absolute Gasteiger partial charge is 0.323 e. The molecule has 6 heteroatoms. The van der Waals surface area contributed by atoms with Gasteiger partial charge < -0.3 is 5.84 Å². The van der Waals surface area contributed by atoms with Crippen molar-refractivity contribution >= 4 is 39.4 Å². The van der Waals surface area contributed by atoms with E-state index in [0.29, 0.717) is 10.7 Å². The van der Waals surface area contributed by atoms with Crippen molar-refractivity contribution in [1.29, 1.82) is 0 Å². The molecule has 3 rings (SSSR count). The van der Waals surface area contributed by atoms with Crippen LogP contribution in [0.2, 0.25) is 0 Å². The molecule has 0 aliphatic rings. The van der Waals surface area contributed by atoms with Crippen LogP contribution in [0.15, 0.2) is 53.1 Å². The van der Waals surface area contributed by atoms with Gasteiger partial charge in [-0.2, -0.15) is 5.10 Å². The second kappa shape index (κ2) is 5.72. The lowest BCUT2D eigenvalue weighted by Crippen LogP contribution is -2.11. The monoisotopic (exact) mass is 296 g/mol. The number of benzene rings is 2. The van der Waals surface area contributed by atoms with Gasteiger partial charge in [0.15, 0.2) is 5.13 Å². The summed E-state index contributed by atoms with van der Waals surface area (Å²) >= 11 is 1.39. The first-order valence-corrected chi connectivity index (χ1v) is 7.12. The summed E-state index contributed by atoms with van der Waals surface area (Å²) in [6.45, 7) is 0. The van der Waals surface area contributed by atoms with Crippen molar-refractivity contribution in [1.82, 2.24) is 4.98 Å². The minimum absolute atomic E-state index is 0.167. The maximum Gasteiger partial charge on any atom is 0.257 e. The first-order chi connectivity index (χ1) is 10.3. The van der Waals surface area contributed by atoms with Gasteiger partial charge in [0.05, 0.1) is 6.21 Å². The second-order valence-corrected chi connectivity index (χ2v) is 5.29. The van der Waals surface area contributed by atoms with Gasteiger partial charge in [0.2, 0.25) is 0 Å². The molecule has 2 aromatic carbocycles. The van der Waals surface area contributed by atoms with Gasteiger partial charge >= 0.3 is 0 Å². The highest BCUT2D eigenvalue weighted by molar-refractivity contribution is 7.13. The zero-order chi connectivity index (χ0) is 14.7. The van der Waals surface area contributed by atoms with E-state index in [1.165, 1.54) is 11.3 Å². The standard InChI is InChI=1S/C15H12N4OS/c16-18-9-10-1-2-12-8-13(4-3-11(12)7-10)14(20)19-15-17-5-6-21-15/h1-9H,16H2,(H,17,19,20). The predicted octanol–water partition coefficient (Wildman–Crippen LogP) is 2.84. The van der Waals surface area contributed by atoms with E-state index in [2.05, 4.69) is 15.4 Å². The molecule has 5 nitrogen and oxygen atoms in total. The van der Waals surface area contributed by atoms with Gasteiger partial charge in [-0.25, -0.2) is 4.98 Å². The van der Waals surface area contributed by atoms with Gasteiger partial charge in [-0.3, -0.25) is 10.1 Å². The van der Waals surface area contributed by atoms with Crippen molar-refractivity contribution in [2.45, 2.75) is 0 Å². The van der Waals surface area contributed by atoms with Crippen molar-refractivity contribution in [2.75, 3.05) is 5.32 Å². The number of anilines is 1. The fraction of sp³-hybridized carbons (Fsp3) is 0. The zero-order valence-electron chi connectivity index (χ0n) is 11.0. The van der Waals surface area contributed by atoms with Crippen molar-refractivity contribution in [3.05, 3.63) is 59.1 Å². The Kier molecular flexibility index (Phi) is 3.61. The third-order valence-corrected chi connectivity index (χ3v) is 3.69. The topological polar surface area (TPSA) is 80.4 Å². The molecule has 1 heterocycles. The number of nitrogens with two attached hydrogens (primary N) is 1. The molecule has 3 aromatic rings. The maximum absolute atomic E-state index is 12.1. The molecule has 1 aromatic heterocycles. The number of hydrogen-bond acceptors (Lipinski definition) is 5. The number of aromatic nitrogens is 1. The molecule has 0 saturated carbocycles. The summed E-state index contributed by atoms with van der Waals surface area (Å²) in [6, 6.07) is 11.3. The summed E-state index contributed by atoms with van der Waals surface area (Å²) in [7, 11) is 0. The van der Waals surface area contributed by atoms with Gasteiger partial charge in [-0.05, 0) is 34.5 Å². The highest BCUT2D eigenvalue weighted by Crippen LogP contribution is 2.19. The first kappa shape index (κ1) is 13.3. The van der Waals surface area contributed by atoms with E-state index in [1.54, 1.807) is 18.5 Å². The molecule has 0 atom stereocenters. The number of hydrazone groups is 1. The average molecular weight is 296 g/mol. The third-order valence-electron chi connectivity index (χ3n) is 3.00. The van der Waals surface area contributed by atoms with E-state index in [9.17, 15) is 4.79 Å². The Balaban J connectivity index is 1.90. The first-order valence-electron chi connectivity index (χ1n) is 6.24. The molecule has 104 valence electrons. The van der Waals surface area contributed by atoms with E-state index in [0.717, 1.165) is 16.3 Å². The summed E-state index contributed by atoms with van der Waals surface area (Å²) in [5.41, 5.74) is 1.52. The van der Waals surface area contributed by atoms with Crippen LogP contribution in [0.25, 0.3) is 10.8 Å². The molecule has 0 aliphatic heterocycles. The van der Waals surface area contributed by atoms with Crippen LogP contribution in [0, 0.1) is 0 Å². The van der Waals surface area contributed by atoms with Gasteiger partial charge in [0.25, 0.3) is 5.91 Å². The third kappa shape index (κ3) is 2.90. The summed E-state index contributed by atoms with van der Waals surface area (Å²) in [6.07, 6.45) is 3.24. The smallest absolute Gasteiger partial charge is 0.257 e. The zero-order valence-corrected chi connectivity index (χ0v) is 11.8. The lowest BCUT2D eigenvalue weighted by Gasteiger charge is -2.04. The molecule has 3 N–H and O–H groups in total. The van der Waals surface area contributed by atoms with Crippen molar-refractivity contribution < 1.29 is 4.79 Å². The molecular formula is C15H12N4OS. The summed E-state index contributed by atoms with van der Waals surface area (Å²) in [5, 5.41) is 10.7. The highest BCUT2D eigenvalue weighted by atomic mass is 32.1. The number of nitrogens with one attached hydrogen (secondary N) is 1. The Hall–Kier alpha value is -2.73. The fourth-order valence-electron chi connectivity index (χ4n) is 2.03. The average Bonchev–Trinajstić information content (AvgIpc) is 3.00. The van der Waals surface area contributed by atoms with Crippen LogP contribution in [-0.4, -0.2) is 17.1 Å². The quantitative estimate of drug-likeness (QED) is 0.443. The normalized spacial score (nSPS) is 11.0. The van der Waals surface area contributed by atoms with Crippen LogP contribution >= 0.6 is 11.3 Å². The maximum atomic E-state index is 12.1. The molecule has 0 aliphatic carbocycles.